The molecule has 2 heterocycles. The quantitative estimate of drug-likeness (QED) is 0.245. The maximum atomic E-state index is 13.9. The van der Waals surface area contributed by atoms with Gasteiger partial charge in [0.05, 0.1) is 5.56 Å². The summed E-state index contributed by atoms with van der Waals surface area (Å²) in [4.78, 5) is 46.3. The lowest BCUT2D eigenvalue weighted by Crippen LogP contribution is -2.62. The Kier molecular flexibility index (Phi) is 8.83. The normalized spacial score (nSPS) is 23.2. The third-order valence-corrected chi connectivity index (χ3v) is 9.75. The fourth-order valence-electron chi connectivity index (χ4n) is 7.25. The van der Waals surface area contributed by atoms with Crippen LogP contribution in [0.1, 0.15) is 109 Å². The largest absolute Gasteiger partial charge is 0.416 e. The number of hydrogen-bond acceptors (Lipinski definition) is 4. The lowest BCUT2D eigenvalue weighted by atomic mass is 9.82. The zero-order chi connectivity index (χ0) is 31.1. The molecule has 2 saturated carbocycles. The van der Waals surface area contributed by atoms with E-state index < -0.39 is 35.0 Å². The maximum absolute atomic E-state index is 13.9. The molecular weight excluding hydrogens is 555 g/mol. The van der Waals surface area contributed by atoms with Crippen LogP contribution in [-0.4, -0.2) is 46.3 Å². The second-order valence-electron chi connectivity index (χ2n) is 13.5. The van der Waals surface area contributed by atoms with Gasteiger partial charge in [-0.1, -0.05) is 66.2 Å². The number of halogens is 3. The SMILES string of the molecule is CC(C)CCN1/C(=C/C=C2C(=O)N(C3CCCCC3)C(=O)N(C3CCCCC3)C2=O)C(C)(C)c2cc(C(F)(F)F)ccc21. The van der Waals surface area contributed by atoms with E-state index in [1.54, 1.807) is 6.08 Å². The molecule has 0 bridgehead atoms. The van der Waals surface area contributed by atoms with E-state index in [1.807, 2.05) is 18.7 Å². The number of anilines is 1. The Hall–Kier alpha value is -3.10. The highest BCUT2D eigenvalue weighted by Crippen LogP contribution is 2.49. The van der Waals surface area contributed by atoms with Crippen LogP contribution in [0.15, 0.2) is 41.6 Å². The number of hydrogen-bond donors (Lipinski definition) is 0. The van der Waals surface area contributed by atoms with Gasteiger partial charge in [0.15, 0.2) is 0 Å². The van der Waals surface area contributed by atoms with Gasteiger partial charge in [-0.05, 0) is 73.9 Å². The maximum Gasteiger partial charge on any atom is 0.416 e. The van der Waals surface area contributed by atoms with E-state index in [1.165, 1.54) is 28.0 Å². The number of fused-ring (bicyclic) bond motifs is 1. The van der Waals surface area contributed by atoms with Crippen molar-refractivity contribution in [3.8, 4) is 0 Å². The van der Waals surface area contributed by atoms with Crippen LogP contribution < -0.4 is 4.90 Å². The predicted molar refractivity (Wildman–Crippen MR) is 160 cm³/mol. The van der Waals surface area contributed by atoms with E-state index >= 15 is 0 Å². The molecule has 2 aliphatic heterocycles. The molecule has 5 rings (SSSR count). The third-order valence-electron chi connectivity index (χ3n) is 9.75. The Bertz CT molecular complexity index is 1280. The van der Waals surface area contributed by atoms with Gasteiger partial charge in [-0.2, -0.15) is 13.2 Å². The van der Waals surface area contributed by atoms with Crippen LogP contribution in [0.4, 0.5) is 23.7 Å². The fourth-order valence-corrected chi connectivity index (χ4v) is 7.25. The molecule has 1 aromatic rings. The number of benzene rings is 1. The first kappa shape index (κ1) is 31.3. The second-order valence-corrected chi connectivity index (χ2v) is 13.5. The van der Waals surface area contributed by atoms with Gasteiger partial charge in [0, 0.05) is 35.4 Å². The van der Waals surface area contributed by atoms with Crippen molar-refractivity contribution in [3.05, 3.63) is 52.7 Å². The van der Waals surface area contributed by atoms with Gasteiger partial charge in [0.25, 0.3) is 11.8 Å². The summed E-state index contributed by atoms with van der Waals surface area (Å²) in [6.07, 6.45) is 8.34. The lowest BCUT2D eigenvalue weighted by Gasteiger charge is -2.43. The van der Waals surface area contributed by atoms with Gasteiger partial charge >= 0.3 is 12.2 Å². The summed E-state index contributed by atoms with van der Waals surface area (Å²) in [5.74, 6) is -0.763. The average Bonchev–Trinajstić information content (AvgIpc) is 3.17. The van der Waals surface area contributed by atoms with Crippen molar-refractivity contribution in [2.45, 2.75) is 122 Å². The van der Waals surface area contributed by atoms with E-state index in [0.29, 0.717) is 23.7 Å². The number of urea groups is 1. The summed E-state index contributed by atoms with van der Waals surface area (Å²) in [5, 5.41) is 0. The molecule has 1 aromatic carbocycles. The number of alkyl halides is 3. The molecule has 234 valence electrons. The van der Waals surface area contributed by atoms with Crippen molar-refractivity contribution in [3.63, 3.8) is 0 Å². The predicted octanol–water partition coefficient (Wildman–Crippen LogP) is 8.12. The van der Waals surface area contributed by atoms with E-state index in [-0.39, 0.29) is 17.7 Å². The van der Waals surface area contributed by atoms with E-state index in [0.717, 1.165) is 82.4 Å². The van der Waals surface area contributed by atoms with Crippen LogP contribution >= 0.6 is 0 Å². The highest BCUT2D eigenvalue weighted by molar-refractivity contribution is 6.29. The van der Waals surface area contributed by atoms with Crippen molar-refractivity contribution in [2.75, 3.05) is 11.4 Å². The molecule has 4 amide bonds. The first-order valence-corrected chi connectivity index (χ1v) is 15.9. The molecule has 0 N–H and O–H groups in total. The van der Waals surface area contributed by atoms with Gasteiger partial charge < -0.3 is 4.90 Å². The van der Waals surface area contributed by atoms with Crippen LogP contribution in [0.2, 0.25) is 0 Å². The van der Waals surface area contributed by atoms with Crippen LogP contribution in [0, 0.1) is 5.92 Å². The lowest BCUT2D eigenvalue weighted by molar-refractivity contribution is -0.140. The Morgan fingerprint density at radius 2 is 1.40 bits per heavy atom. The van der Waals surface area contributed by atoms with Gasteiger partial charge in [-0.3, -0.25) is 19.4 Å². The Morgan fingerprint density at radius 1 is 0.860 bits per heavy atom. The number of imide groups is 2. The number of carbonyl (C=O) groups excluding carboxylic acids is 3. The van der Waals surface area contributed by atoms with Gasteiger partial charge in [0.2, 0.25) is 0 Å². The van der Waals surface area contributed by atoms with Gasteiger partial charge in [0.1, 0.15) is 5.57 Å². The average molecular weight is 600 g/mol. The molecular formula is C34H44F3N3O3. The Balaban J connectivity index is 1.58. The van der Waals surface area contributed by atoms with Gasteiger partial charge in [-0.15, -0.1) is 0 Å². The summed E-state index contributed by atoms with van der Waals surface area (Å²) in [6.45, 7) is 8.52. The monoisotopic (exact) mass is 599 g/mol. The van der Waals surface area contributed by atoms with E-state index in [2.05, 4.69) is 13.8 Å². The summed E-state index contributed by atoms with van der Waals surface area (Å²) in [7, 11) is 0. The highest BCUT2D eigenvalue weighted by Gasteiger charge is 2.48. The second kappa shape index (κ2) is 12.1. The van der Waals surface area contributed by atoms with Crippen LogP contribution in [-0.2, 0) is 21.2 Å². The number of nitrogens with zero attached hydrogens (tertiary/aromatic N) is 3. The van der Waals surface area contributed by atoms with E-state index in [9.17, 15) is 27.6 Å². The first-order chi connectivity index (χ1) is 20.3. The number of amides is 4. The molecule has 0 aromatic heterocycles. The van der Waals surface area contributed by atoms with Gasteiger partial charge in [-0.25, -0.2) is 4.79 Å². The number of carbonyl (C=O) groups is 3. The summed E-state index contributed by atoms with van der Waals surface area (Å²) in [5.41, 5.74) is 0.418. The summed E-state index contributed by atoms with van der Waals surface area (Å²) in [6, 6.07) is 2.89. The number of rotatable bonds is 6. The molecule has 0 unspecified atom stereocenters. The van der Waals surface area contributed by atoms with Crippen molar-refractivity contribution in [1.29, 1.82) is 0 Å². The zero-order valence-corrected chi connectivity index (χ0v) is 25.8. The fraction of sp³-hybridized carbons (Fsp3) is 0.618. The summed E-state index contributed by atoms with van der Waals surface area (Å²) >= 11 is 0. The standard InChI is InChI=1S/C34H44F3N3O3/c1-22(2)19-20-38-28-17-15-23(34(35,36)37)21-27(28)33(3,4)29(38)18-16-26-30(41)39(24-11-7-5-8-12-24)32(43)40(31(26)42)25-13-9-6-10-14-25/h15-18,21-22,24-25H,5-14,19-20H2,1-4H3/b29-18+. The molecule has 0 radical (unpaired) electrons. The van der Waals surface area contributed by atoms with Crippen LogP contribution in [0.3, 0.4) is 0 Å². The molecule has 43 heavy (non-hydrogen) atoms. The minimum absolute atomic E-state index is 0.0465. The smallest absolute Gasteiger partial charge is 0.344 e. The number of allylic oxidation sites excluding steroid dienone is 3. The molecule has 2 aliphatic carbocycles. The van der Waals surface area contributed by atoms with Crippen molar-refractivity contribution in [1.82, 2.24) is 9.80 Å². The van der Waals surface area contributed by atoms with Crippen molar-refractivity contribution >= 4 is 23.5 Å². The molecule has 4 aliphatic rings. The molecule has 6 nitrogen and oxygen atoms in total. The van der Waals surface area contributed by atoms with Crippen LogP contribution in [0.5, 0.6) is 0 Å². The zero-order valence-electron chi connectivity index (χ0n) is 25.8. The first-order valence-electron chi connectivity index (χ1n) is 15.9. The number of barbiturate groups is 1. The minimum atomic E-state index is -4.47. The molecule has 0 spiro atoms. The summed E-state index contributed by atoms with van der Waals surface area (Å²) < 4.78 is 41.1. The van der Waals surface area contributed by atoms with Crippen molar-refractivity contribution < 1.29 is 27.6 Å². The molecule has 0 atom stereocenters. The third kappa shape index (κ3) is 6.01. The molecule has 1 saturated heterocycles. The van der Waals surface area contributed by atoms with E-state index in [4.69, 9.17) is 0 Å². The van der Waals surface area contributed by atoms with Crippen LogP contribution in [0.25, 0.3) is 0 Å². The highest BCUT2D eigenvalue weighted by atomic mass is 19.4. The molecule has 9 heteroatoms. The topological polar surface area (TPSA) is 60.9 Å². The molecule has 3 fully saturated rings. The Labute approximate surface area is 253 Å². The Morgan fingerprint density at radius 3 is 1.88 bits per heavy atom. The minimum Gasteiger partial charge on any atom is -0.344 e. The van der Waals surface area contributed by atoms with Crippen molar-refractivity contribution in [2.24, 2.45) is 5.92 Å².